The van der Waals surface area contributed by atoms with Crippen molar-refractivity contribution in [1.29, 1.82) is 0 Å². The summed E-state index contributed by atoms with van der Waals surface area (Å²) >= 11 is 1.75. The highest BCUT2D eigenvalue weighted by atomic mass is 32.2. The molecule has 2 N–H and O–H groups in total. The van der Waals surface area contributed by atoms with Crippen molar-refractivity contribution in [3.05, 3.63) is 42.0 Å². The predicted molar refractivity (Wildman–Crippen MR) is 79.9 cm³/mol. The van der Waals surface area contributed by atoms with E-state index in [1.807, 2.05) is 36.6 Å². The SMILES string of the molecule is CSCC[C@H](N)c1nc(CCOc2ccccc2)no1. The largest absolute Gasteiger partial charge is 0.493 e. The number of nitrogens with zero attached hydrogens (tertiary/aromatic N) is 2. The number of para-hydroxylation sites is 1. The summed E-state index contributed by atoms with van der Waals surface area (Å²) in [7, 11) is 0. The Labute approximate surface area is 122 Å². The number of thioether (sulfide) groups is 1. The molecule has 0 fully saturated rings. The van der Waals surface area contributed by atoms with Gasteiger partial charge in [0.1, 0.15) is 5.75 Å². The molecule has 0 saturated heterocycles. The minimum Gasteiger partial charge on any atom is -0.493 e. The van der Waals surface area contributed by atoms with E-state index in [2.05, 4.69) is 10.1 Å². The van der Waals surface area contributed by atoms with Crippen LogP contribution in [0, 0.1) is 0 Å². The van der Waals surface area contributed by atoms with Crippen LogP contribution in [0.3, 0.4) is 0 Å². The summed E-state index contributed by atoms with van der Waals surface area (Å²) in [5.74, 6) is 2.97. The lowest BCUT2D eigenvalue weighted by Crippen LogP contribution is -2.12. The fourth-order valence-electron chi connectivity index (χ4n) is 1.66. The first-order valence-corrected chi connectivity index (χ1v) is 7.94. The molecule has 0 radical (unpaired) electrons. The van der Waals surface area contributed by atoms with Crippen molar-refractivity contribution in [2.75, 3.05) is 18.6 Å². The third-order valence-corrected chi connectivity index (χ3v) is 3.42. The van der Waals surface area contributed by atoms with Crippen molar-refractivity contribution in [3.63, 3.8) is 0 Å². The molecule has 0 unspecified atom stereocenters. The van der Waals surface area contributed by atoms with Gasteiger partial charge in [0.2, 0.25) is 5.89 Å². The summed E-state index contributed by atoms with van der Waals surface area (Å²) < 4.78 is 10.8. The molecule has 1 aromatic heterocycles. The normalized spacial score (nSPS) is 12.3. The van der Waals surface area contributed by atoms with Crippen molar-refractivity contribution in [3.8, 4) is 5.75 Å². The lowest BCUT2D eigenvalue weighted by molar-refractivity contribution is 0.312. The minimum absolute atomic E-state index is 0.182. The van der Waals surface area contributed by atoms with E-state index in [1.165, 1.54) is 0 Å². The Bertz CT molecular complexity index is 504. The topological polar surface area (TPSA) is 74.2 Å². The molecule has 0 saturated carbocycles. The van der Waals surface area contributed by atoms with Gasteiger partial charge in [-0.2, -0.15) is 16.7 Å². The number of hydrogen-bond acceptors (Lipinski definition) is 6. The van der Waals surface area contributed by atoms with E-state index in [4.69, 9.17) is 15.0 Å². The van der Waals surface area contributed by atoms with Crippen LogP contribution in [0.15, 0.2) is 34.9 Å². The Kier molecular flexibility index (Phi) is 5.88. The second-order valence-electron chi connectivity index (χ2n) is 4.35. The van der Waals surface area contributed by atoms with Crippen LogP contribution in [0.4, 0.5) is 0 Å². The van der Waals surface area contributed by atoms with E-state index in [0.29, 0.717) is 24.7 Å². The molecule has 108 valence electrons. The maximum atomic E-state index is 5.97. The van der Waals surface area contributed by atoms with Crippen LogP contribution >= 0.6 is 11.8 Å². The van der Waals surface area contributed by atoms with Crippen molar-refractivity contribution in [1.82, 2.24) is 10.1 Å². The molecule has 0 bridgehead atoms. The quantitative estimate of drug-likeness (QED) is 0.806. The van der Waals surface area contributed by atoms with Crippen molar-refractivity contribution >= 4 is 11.8 Å². The Morgan fingerprint density at radius 1 is 1.35 bits per heavy atom. The van der Waals surface area contributed by atoms with Crippen molar-refractivity contribution < 1.29 is 9.26 Å². The van der Waals surface area contributed by atoms with E-state index in [0.717, 1.165) is 17.9 Å². The van der Waals surface area contributed by atoms with Crippen LogP contribution in [-0.2, 0) is 6.42 Å². The molecule has 1 aromatic carbocycles. The third-order valence-electron chi connectivity index (χ3n) is 2.77. The Morgan fingerprint density at radius 3 is 2.90 bits per heavy atom. The summed E-state index contributed by atoms with van der Waals surface area (Å²) in [6, 6.07) is 9.48. The van der Waals surface area contributed by atoms with Crippen LogP contribution in [0.1, 0.15) is 24.2 Å². The zero-order valence-corrected chi connectivity index (χ0v) is 12.3. The van der Waals surface area contributed by atoms with Crippen LogP contribution in [-0.4, -0.2) is 28.8 Å². The van der Waals surface area contributed by atoms with Gasteiger partial charge in [-0.3, -0.25) is 0 Å². The summed E-state index contributed by atoms with van der Waals surface area (Å²) in [5, 5.41) is 3.92. The summed E-state index contributed by atoms with van der Waals surface area (Å²) in [6.07, 6.45) is 3.49. The average molecular weight is 293 g/mol. The van der Waals surface area contributed by atoms with Gasteiger partial charge >= 0.3 is 0 Å². The lowest BCUT2D eigenvalue weighted by Gasteiger charge is -2.04. The molecule has 0 aliphatic carbocycles. The molecule has 1 atom stereocenters. The fourth-order valence-corrected chi connectivity index (χ4v) is 2.15. The summed E-state index contributed by atoms with van der Waals surface area (Å²) in [4.78, 5) is 4.30. The first-order valence-electron chi connectivity index (χ1n) is 6.54. The van der Waals surface area contributed by atoms with Gasteiger partial charge in [0.15, 0.2) is 5.82 Å². The van der Waals surface area contributed by atoms with Gasteiger partial charge in [0.05, 0.1) is 12.6 Å². The highest BCUT2D eigenvalue weighted by Gasteiger charge is 2.14. The van der Waals surface area contributed by atoms with Gasteiger partial charge in [0, 0.05) is 6.42 Å². The van der Waals surface area contributed by atoms with Gasteiger partial charge in [-0.25, -0.2) is 0 Å². The van der Waals surface area contributed by atoms with Crippen molar-refractivity contribution in [2.24, 2.45) is 5.73 Å². The van der Waals surface area contributed by atoms with E-state index >= 15 is 0 Å². The molecule has 6 heteroatoms. The van der Waals surface area contributed by atoms with Gasteiger partial charge in [-0.15, -0.1) is 0 Å². The second kappa shape index (κ2) is 7.91. The van der Waals surface area contributed by atoms with Gasteiger partial charge in [-0.05, 0) is 30.6 Å². The number of nitrogens with two attached hydrogens (primary N) is 1. The molecule has 20 heavy (non-hydrogen) atoms. The van der Waals surface area contributed by atoms with Crippen LogP contribution in [0.2, 0.25) is 0 Å². The molecule has 0 aliphatic heterocycles. The molecular weight excluding hydrogens is 274 g/mol. The number of rotatable bonds is 8. The number of benzene rings is 1. The number of ether oxygens (including phenoxy) is 1. The highest BCUT2D eigenvalue weighted by Crippen LogP contribution is 2.14. The zero-order valence-electron chi connectivity index (χ0n) is 11.5. The van der Waals surface area contributed by atoms with Crippen LogP contribution in [0.5, 0.6) is 5.75 Å². The smallest absolute Gasteiger partial charge is 0.243 e. The first kappa shape index (κ1) is 14.9. The molecular formula is C14H19N3O2S. The molecule has 2 rings (SSSR count). The van der Waals surface area contributed by atoms with Gasteiger partial charge in [-0.1, -0.05) is 23.4 Å². The molecule has 1 heterocycles. The van der Waals surface area contributed by atoms with Crippen LogP contribution in [0.25, 0.3) is 0 Å². The number of aromatic nitrogens is 2. The average Bonchev–Trinajstić information content (AvgIpc) is 2.95. The molecule has 0 spiro atoms. The molecule has 2 aromatic rings. The van der Waals surface area contributed by atoms with Gasteiger partial charge < -0.3 is 15.0 Å². The monoisotopic (exact) mass is 293 g/mol. The van der Waals surface area contributed by atoms with E-state index in [1.54, 1.807) is 11.8 Å². The van der Waals surface area contributed by atoms with E-state index in [-0.39, 0.29) is 6.04 Å². The lowest BCUT2D eigenvalue weighted by atomic mass is 10.2. The Hall–Kier alpha value is -1.53. The first-order chi connectivity index (χ1) is 9.79. The Morgan fingerprint density at radius 2 is 2.15 bits per heavy atom. The zero-order chi connectivity index (χ0) is 14.2. The standard InChI is InChI=1S/C14H19N3O2S/c1-20-10-8-12(15)14-16-13(17-19-14)7-9-18-11-5-3-2-4-6-11/h2-6,12H,7-10,15H2,1H3/t12-/m0/s1. The second-order valence-corrected chi connectivity index (χ2v) is 5.33. The van der Waals surface area contributed by atoms with E-state index < -0.39 is 0 Å². The minimum atomic E-state index is -0.182. The summed E-state index contributed by atoms with van der Waals surface area (Å²) in [5.41, 5.74) is 5.97. The maximum Gasteiger partial charge on any atom is 0.243 e. The molecule has 0 amide bonds. The predicted octanol–water partition coefficient (Wildman–Crippen LogP) is 2.44. The third kappa shape index (κ3) is 4.54. The van der Waals surface area contributed by atoms with E-state index in [9.17, 15) is 0 Å². The molecule has 0 aliphatic rings. The summed E-state index contributed by atoms with van der Waals surface area (Å²) in [6.45, 7) is 0.517. The van der Waals surface area contributed by atoms with Crippen LogP contribution < -0.4 is 10.5 Å². The Balaban J connectivity index is 1.78. The molecule has 5 nitrogen and oxygen atoms in total. The maximum absolute atomic E-state index is 5.97. The fraction of sp³-hybridized carbons (Fsp3) is 0.429. The van der Waals surface area contributed by atoms with Crippen molar-refractivity contribution in [2.45, 2.75) is 18.9 Å². The highest BCUT2D eigenvalue weighted by molar-refractivity contribution is 7.98. The van der Waals surface area contributed by atoms with Gasteiger partial charge in [0.25, 0.3) is 0 Å². The number of hydrogen-bond donors (Lipinski definition) is 1.